The van der Waals surface area contributed by atoms with Crippen LogP contribution < -0.4 is 60.7 Å². The first-order chi connectivity index (χ1) is 58.2. The highest BCUT2D eigenvalue weighted by atomic mass is 16.7. The summed E-state index contributed by atoms with van der Waals surface area (Å²) in [6.07, 6.45) is 12.4. The number of amidine groups is 1. The molecule has 4 saturated heterocycles. The van der Waals surface area contributed by atoms with Gasteiger partial charge in [0.25, 0.3) is 0 Å². The Labute approximate surface area is 700 Å². The Morgan fingerprint density at radius 3 is 1.13 bits per heavy atom. The zero-order chi connectivity index (χ0) is 85.0. The van der Waals surface area contributed by atoms with Gasteiger partial charge in [0, 0.05) is 88.4 Å². The van der Waals surface area contributed by atoms with Gasteiger partial charge in [0.2, 0.25) is 29.9 Å². The summed E-state index contributed by atoms with van der Waals surface area (Å²) < 4.78 is 37.7. The van der Waals surface area contributed by atoms with E-state index in [0.717, 1.165) is 75.3 Å². The van der Waals surface area contributed by atoms with Crippen molar-refractivity contribution in [2.75, 3.05) is 103 Å². The van der Waals surface area contributed by atoms with Gasteiger partial charge in [0.1, 0.15) is 34.5 Å². The van der Waals surface area contributed by atoms with Gasteiger partial charge in [-0.3, -0.25) is 24.7 Å². The van der Waals surface area contributed by atoms with Gasteiger partial charge in [-0.05, 0) is 167 Å². The first kappa shape index (κ1) is 92.6. The zero-order valence-corrected chi connectivity index (χ0v) is 68.8. The number of carbonyl (C=O) groups is 3. The molecule has 0 aromatic heterocycles. The molecule has 0 unspecified atom stereocenters. The minimum Gasteiger partial charge on any atom is -0.495 e. The lowest BCUT2D eigenvalue weighted by Crippen LogP contribution is -2.49. The maximum atomic E-state index is 13.2. The molecule has 0 bridgehead atoms. The van der Waals surface area contributed by atoms with E-state index in [2.05, 4.69) is 100 Å². The topological polar surface area (TPSA) is 321 Å². The number of guanidine groups is 1. The summed E-state index contributed by atoms with van der Waals surface area (Å²) in [6.45, 7) is 19.9. The predicted octanol–water partition coefficient (Wildman–Crippen LogP) is 16.4. The molecule has 9 aromatic rings. The molecule has 4 aliphatic rings. The van der Waals surface area contributed by atoms with Crippen LogP contribution in [0.15, 0.2) is 270 Å². The summed E-state index contributed by atoms with van der Waals surface area (Å²) in [7, 11) is 4.80. The first-order valence-corrected chi connectivity index (χ1v) is 39.7. The molecular weight excluding hydrogens is 1500 g/mol. The number of piperidine rings is 3. The van der Waals surface area contributed by atoms with Crippen molar-refractivity contribution in [3.05, 3.63) is 283 Å². The number of ether oxygens (including phenoxy) is 7. The summed E-state index contributed by atoms with van der Waals surface area (Å²) in [6, 6.07) is 82.5. The largest absolute Gasteiger partial charge is 0.495 e. The third-order valence-electron chi connectivity index (χ3n) is 19.8. The second-order valence-electron chi connectivity index (χ2n) is 27.6. The van der Waals surface area contributed by atoms with Gasteiger partial charge in [0.05, 0.1) is 44.5 Å². The Morgan fingerprint density at radius 1 is 0.496 bits per heavy atom. The van der Waals surface area contributed by atoms with Crippen LogP contribution in [-0.4, -0.2) is 132 Å². The minimum absolute atomic E-state index is 0.0326. The molecule has 0 saturated carbocycles. The zero-order valence-electron chi connectivity index (χ0n) is 68.8. The second kappa shape index (κ2) is 52.1. The number of para-hydroxylation sites is 9. The minimum atomic E-state index is -0.353. The fraction of sp³-hybridized carbons (Fsp3) is 0.319. The predicted molar refractivity (Wildman–Crippen MR) is 468 cm³/mol. The lowest BCUT2D eigenvalue weighted by atomic mass is 9.70. The number of amides is 3. The molecule has 25 nitrogen and oxygen atoms in total. The fourth-order valence-corrected chi connectivity index (χ4v) is 14.0. The van der Waals surface area contributed by atoms with Crippen molar-refractivity contribution < 1.29 is 47.5 Å². The highest BCUT2D eigenvalue weighted by Crippen LogP contribution is 2.42. The van der Waals surface area contributed by atoms with Gasteiger partial charge in [-0.15, -0.1) is 9.95 Å². The molecule has 119 heavy (non-hydrogen) atoms. The van der Waals surface area contributed by atoms with E-state index in [-0.39, 0.29) is 46.1 Å². The molecule has 0 atom stereocenters. The number of nitriles is 3. The Balaban J connectivity index is 0.000000214. The van der Waals surface area contributed by atoms with Crippen molar-refractivity contribution in [1.29, 1.82) is 15.8 Å². The maximum absolute atomic E-state index is 13.2. The third-order valence-corrected chi connectivity index (χ3v) is 19.8. The average Bonchev–Trinajstić information content (AvgIpc) is 1.42. The Kier molecular flexibility index (Phi) is 40.6. The van der Waals surface area contributed by atoms with E-state index in [1.165, 1.54) is 25.3 Å². The van der Waals surface area contributed by atoms with E-state index < -0.39 is 0 Å². The Morgan fingerprint density at radius 2 is 0.815 bits per heavy atom. The van der Waals surface area contributed by atoms with E-state index in [9.17, 15) is 19.6 Å². The third kappa shape index (κ3) is 30.5. The molecule has 4 heterocycles. The maximum Gasteiger partial charge on any atom is 0.475 e. The van der Waals surface area contributed by atoms with E-state index in [4.69, 9.17) is 56.0 Å². The van der Waals surface area contributed by atoms with Gasteiger partial charge in [-0.2, -0.15) is 22.4 Å². The number of nitrogens with two attached hydrogens (primary N) is 1. The number of carbonyl (C=O) groups excluding carboxylic acids is 3. The molecule has 0 radical (unpaired) electrons. The second-order valence-corrected chi connectivity index (χ2v) is 27.6. The molecule has 9 aromatic carbocycles. The number of nitrogens with one attached hydrogen (secondary N) is 5. The molecule has 25 heteroatoms. The van der Waals surface area contributed by atoms with Gasteiger partial charge < -0.3 is 70.0 Å². The SMILES string of the molecule is C1CCOC1.CC#N.CCN.CCN=C(NC#N)N1CCC(CC(=O)Nc2ccccc2OC)(c2ccccc2)CC1.COc1ccccc1NC(=O)CC1(c2ccccc2)CCN(C(=NC#N)Oc2ccccc2)CC1.COc1ccccc1NC(=O)CC1(c2ccccc2)CCNCC1.[C-]#[N+]N=C(Oc1ccccc1)Oc1ccccc1. The molecular formula is C94H109N15O10. The first-order valence-electron chi connectivity index (χ1n) is 39.7. The number of hydrogen-bond acceptors (Lipinski definition) is 18. The summed E-state index contributed by atoms with van der Waals surface area (Å²) in [5, 5.41) is 44.2. The van der Waals surface area contributed by atoms with E-state index in [0.29, 0.717) is 117 Å². The highest BCUT2D eigenvalue weighted by Gasteiger charge is 2.42. The molecule has 13 rings (SSSR count). The number of likely N-dealkylation sites (tertiary alicyclic amines) is 2. The monoisotopic (exact) mass is 1610 g/mol. The van der Waals surface area contributed by atoms with Crippen LogP contribution in [-0.2, 0) is 35.4 Å². The van der Waals surface area contributed by atoms with Crippen molar-refractivity contribution in [3.63, 3.8) is 0 Å². The van der Waals surface area contributed by atoms with Crippen molar-refractivity contribution in [2.24, 2.45) is 20.8 Å². The van der Waals surface area contributed by atoms with Crippen molar-refractivity contribution in [2.45, 2.75) is 108 Å². The summed E-state index contributed by atoms with van der Waals surface area (Å²) in [5.74, 6) is 4.23. The standard InChI is InChI=1S/C28H28N4O3.C24H29N5O2.C20H24N2O2.C14H10N2O2.C4H8O.C2H7N.C2H3N/c1-34-25-15-9-8-14-24(25)31-26(33)20-28(22-10-4-2-5-11-22)16-18-32(19-17-28)27(30-21-29)35-23-12-6-3-7-13-23;1-3-26-23(27-18-25)29-15-13-24(14-16-29,19-9-5-4-6-10-19)17-22(30)28-20-11-7-8-12-21(20)31-2;1-24-18-10-6-5-9-17(18)22-19(23)15-20(11-13-21-14-12-20)16-7-3-2-4-8-16;1-15-16-14(17-12-8-4-2-5-9-12)18-13-10-6-3-7-11-13;1-2-4-5-3-1;2*1-2-3/h2-15H,16-20H2,1H3,(H,31,33);4-12H,3,13-17H2,1-2H3,(H,26,27)(H,28,30);2-10,21H,11-15H2,1H3,(H,22,23);2-11H;1-4H2;2-3H2,1H3;1H3. The van der Waals surface area contributed by atoms with Gasteiger partial charge in [-0.25, -0.2) is 0 Å². The van der Waals surface area contributed by atoms with Crippen molar-refractivity contribution in [1.82, 2.24) is 20.4 Å². The van der Waals surface area contributed by atoms with E-state index in [1.54, 1.807) is 51.7 Å². The van der Waals surface area contributed by atoms with Crippen LogP contribution in [0.5, 0.6) is 34.5 Å². The molecule has 0 spiro atoms. The normalized spacial score (nSPS) is 14.4. The van der Waals surface area contributed by atoms with Crippen LogP contribution >= 0.6 is 0 Å². The van der Waals surface area contributed by atoms with Crippen LogP contribution in [0.4, 0.5) is 17.1 Å². The summed E-state index contributed by atoms with van der Waals surface area (Å²) >= 11 is 0. The summed E-state index contributed by atoms with van der Waals surface area (Å²) in [5.41, 5.74) is 9.70. The van der Waals surface area contributed by atoms with E-state index >= 15 is 0 Å². The molecule has 0 aliphatic carbocycles. The molecule has 620 valence electrons. The molecule has 4 aliphatic heterocycles. The number of nitrogens with zero attached hydrogens (tertiary/aromatic N) is 9. The average molecular weight is 1610 g/mol. The Hall–Kier alpha value is -13.6. The number of benzene rings is 9. The molecule has 3 amide bonds. The van der Waals surface area contributed by atoms with Crippen molar-refractivity contribution >= 4 is 52.8 Å². The van der Waals surface area contributed by atoms with Crippen LogP contribution in [0.1, 0.15) is 108 Å². The van der Waals surface area contributed by atoms with Gasteiger partial charge in [-0.1, -0.05) is 189 Å². The smallest absolute Gasteiger partial charge is 0.475 e. The number of methoxy groups -OCH3 is 3. The van der Waals surface area contributed by atoms with Crippen LogP contribution in [0.2, 0.25) is 0 Å². The van der Waals surface area contributed by atoms with E-state index in [1.807, 2.05) is 213 Å². The van der Waals surface area contributed by atoms with Crippen LogP contribution in [0, 0.1) is 40.8 Å². The van der Waals surface area contributed by atoms with Crippen LogP contribution in [0.25, 0.3) is 4.95 Å². The summed E-state index contributed by atoms with van der Waals surface area (Å²) in [4.78, 5) is 54.4. The highest BCUT2D eigenvalue weighted by molar-refractivity contribution is 5.95. The molecule has 4 fully saturated rings. The number of anilines is 3. The van der Waals surface area contributed by atoms with Crippen molar-refractivity contribution in [3.8, 4) is 53.0 Å². The Bertz CT molecular complexity index is 4690. The van der Waals surface area contributed by atoms with Gasteiger partial charge in [0.15, 0.2) is 11.3 Å². The molecule has 7 N–H and O–H groups in total. The lowest BCUT2D eigenvalue weighted by Gasteiger charge is -2.42. The van der Waals surface area contributed by atoms with Crippen LogP contribution in [0.3, 0.4) is 0 Å². The fourth-order valence-electron chi connectivity index (χ4n) is 14.0. The number of rotatable bonds is 19. The number of aliphatic imine (C=N–C) groups is 2. The quantitative estimate of drug-likeness (QED) is 0.0109. The van der Waals surface area contributed by atoms with Gasteiger partial charge >= 0.3 is 12.1 Å². The number of hydrogen-bond donors (Lipinski definition) is 6. The lowest BCUT2D eigenvalue weighted by molar-refractivity contribution is -0.118.